The van der Waals surface area contributed by atoms with Crippen LogP contribution in [0.5, 0.6) is 0 Å². The number of nitro groups is 1. The molecule has 0 fully saturated rings. The highest BCUT2D eigenvalue weighted by molar-refractivity contribution is 5.91. The molecule has 25 heavy (non-hydrogen) atoms. The highest BCUT2D eigenvalue weighted by Crippen LogP contribution is 2.20. The van der Waals surface area contributed by atoms with E-state index in [1.807, 2.05) is 6.07 Å². The van der Waals surface area contributed by atoms with E-state index in [1.165, 1.54) is 24.3 Å². The van der Waals surface area contributed by atoms with Crippen molar-refractivity contribution in [3.63, 3.8) is 0 Å². The number of nitriles is 1. The largest absolute Gasteiger partial charge is 0.420 e. The van der Waals surface area contributed by atoms with Gasteiger partial charge in [0, 0.05) is 17.8 Å². The smallest absolute Gasteiger partial charge is 0.408 e. The van der Waals surface area contributed by atoms with Gasteiger partial charge in [-0.1, -0.05) is 6.07 Å². The fourth-order valence-electron chi connectivity index (χ4n) is 2.32. The molecule has 1 N–H and O–H groups in total. The minimum Gasteiger partial charge on any atom is -0.408 e. The molecule has 0 spiro atoms. The molecule has 0 atom stereocenters. The number of nitro benzene ring substituents is 1. The predicted octanol–water partition coefficient (Wildman–Crippen LogP) is 2.01. The van der Waals surface area contributed by atoms with E-state index >= 15 is 0 Å². The van der Waals surface area contributed by atoms with Crippen LogP contribution in [0.1, 0.15) is 5.56 Å². The normalized spacial score (nSPS) is 10.4. The van der Waals surface area contributed by atoms with Gasteiger partial charge in [0.05, 0.1) is 22.1 Å². The van der Waals surface area contributed by atoms with Crippen molar-refractivity contribution in [2.75, 3.05) is 5.32 Å². The molecule has 9 nitrogen and oxygen atoms in total. The molecule has 1 amide bonds. The second-order valence-corrected chi connectivity index (χ2v) is 5.10. The predicted molar refractivity (Wildman–Crippen MR) is 86.9 cm³/mol. The summed E-state index contributed by atoms with van der Waals surface area (Å²) in [4.78, 5) is 34.3. The van der Waals surface area contributed by atoms with Crippen molar-refractivity contribution >= 4 is 28.4 Å². The van der Waals surface area contributed by atoms with Gasteiger partial charge in [0.25, 0.3) is 5.69 Å². The van der Waals surface area contributed by atoms with Crippen LogP contribution in [0, 0.1) is 21.4 Å². The minimum atomic E-state index is -0.795. The van der Waals surface area contributed by atoms with Gasteiger partial charge in [0.15, 0.2) is 5.58 Å². The third-order valence-corrected chi connectivity index (χ3v) is 3.44. The molecule has 0 saturated carbocycles. The number of rotatable bonds is 4. The van der Waals surface area contributed by atoms with Crippen molar-refractivity contribution in [1.82, 2.24) is 4.57 Å². The third kappa shape index (κ3) is 3.23. The molecule has 0 aliphatic rings. The van der Waals surface area contributed by atoms with Gasteiger partial charge < -0.3 is 9.73 Å². The van der Waals surface area contributed by atoms with Crippen LogP contribution in [0.25, 0.3) is 11.1 Å². The fourth-order valence-corrected chi connectivity index (χ4v) is 2.32. The molecule has 9 heteroatoms. The molecule has 0 radical (unpaired) electrons. The monoisotopic (exact) mass is 338 g/mol. The number of benzene rings is 2. The maximum absolute atomic E-state index is 12.2. The van der Waals surface area contributed by atoms with Crippen LogP contribution in [0.4, 0.5) is 11.4 Å². The van der Waals surface area contributed by atoms with Gasteiger partial charge in [0.1, 0.15) is 6.54 Å². The van der Waals surface area contributed by atoms with Gasteiger partial charge in [-0.2, -0.15) is 5.26 Å². The topological polar surface area (TPSA) is 131 Å². The Bertz CT molecular complexity index is 1090. The lowest BCUT2D eigenvalue weighted by molar-refractivity contribution is -0.384. The molecule has 3 rings (SSSR count). The Morgan fingerprint density at radius 3 is 2.84 bits per heavy atom. The number of hydrogen-bond donors (Lipinski definition) is 1. The van der Waals surface area contributed by atoms with Gasteiger partial charge in [-0.25, -0.2) is 4.79 Å². The summed E-state index contributed by atoms with van der Waals surface area (Å²) in [7, 11) is 0. The van der Waals surface area contributed by atoms with E-state index in [2.05, 4.69) is 5.32 Å². The van der Waals surface area contributed by atoms with Crippen LogP contribution in [0.2, 0.25) is 0 Å². The maximum Gasteiger partial charge on any atom is 0.420 e. The molecule has 3 aromatic rings. The Morgan fingerprint density at radius 1 is 1.32 bits per heavy atom. The Hall–Kier alpha value is -3.93. The Labute approximate surface area is 139 Å². The number of oxazole rings is 1. The van der Waals surface area contributed by atoms with Crippen molar-refractivity contribution in [3.8, 4) is 6.07 Å². The van der Waals surface area contributed by atoms with E-state index in [1.54, 1.807) is 18.2 Å². The van der Waals surface area contributed by atoms with Crippen LogP contribution < -0.4 is 11.1 Å². The first kappa shape index (κ1) is 15.9. The Balaban J connectivity index is 1.89. The van der Waals surface area contributed by atoms with Gasteiger partial charge in [-0.05, 0) is 24.3 Å². The third-order valence-electron chi connectivity index (χ3n) is 3.44. The van der Waals surface area contributed by atoms with E-state index in [0.717, 1.165) is 4.57 Å². The Kier molecular flexibility index (Phi) is 4.01. The van der Waals surface area contributed by atoms with Gasteiger partial charge >= 0.3 is 5.76 Å². The minimum absolute atomic E-state index is 0.148. The van der Waals surface area contributed by atoms with Gasteiger partial charge in [-0.15, -0.1) is 0 Å². The second-order valence-electron chi connectivity index (χ2n) is 5.10. The number of non-ortho nitro benzene ring substituents is 1. The Morgan fingerprint density at radius 2 is 2.12 bits per heavy atom. The lowest BCUT2D eigenvalue weighted by atomic mass is 10.2. The highest BCUT2D eigenvalue weighted by Gasteiger charge is 2.16. The molecular formula is C16H10N4O5. The van der Waals surface area contributed by atoms with Crippen LogP contribution in [-0.4, -0.2) is 15.4 Å². The summed E-state index contributed by atoms with van der Waals surface area (Å²) in [6.45, 7) is -0.385. The number of carbonyl (C=O) groups excluding carboxylic acids is 1. The number of anilines is 1. The molecule has 0 bridgehead atoms. The van der Waals surface area contributed by atoms with Crippen LogP contribution in [0.15, 0.2) is 51.7 Å². The van der Waals surface area contributed by atoms with E-state index in [0.29, 0.717) is 11.3 Å². The molecule has 1 heterocycles. The number of nitrogens with zero attached hydrogens (tertiary/aromatic N) is 3. The lowest BCUT2D eigenvalue weighted by Gasteiger charge is -2.06. The zero-order valence-corrected chi connectivity index (χ0v) is 12.6. The number of carbonyl (C=O) groups is 1. The number of fused-ring (bicyclic) bond motifs is 1. The van der Waals surface area contributed by atoms with Crippen LogP contribution in [0.3, 0.4) is 0 Å². The molecule has 0 aliphatic heterocycles. The number of amides is 1. The van der Waals surface area contributed by atoms with Crippen LogP contribution >= 0.6 is 0 Å². The molecule has 124 valence electrons. The molecule has 0 saturated heterocycles. The summed E-state index contributed by atoms with van der Waals surface area (Å²) in [5.74, 6) is -1.33. The van der Waals surface area contributed by atoms with Crippen LogP contribution in [-0.2, 0) is 11.3 Å². The van der Waals surface area contributed by atoms with Crippen molar-refractivity contribution < 1.29 is 14.1 Å². The standard InChI is InChI=1S/C16H10N4O5/c17-8-10-2-1-3-11(6-10)18-15(21)9-19-13-7-12(20(23)24)4-5-14(13)25-16(19)22/h1-7H,9H2,(H,18,21). The molecular weight excluding hydrogens is 328 g/mol. The van der Waals surface area contributed by atoms with Gasteiger partial charge in [0.2, 0.25) is 5.91 Å². The molecule has 0 aliphatic carbocycles. The summed E-state index contributed by atoms with van der Waals surface area (Å²) in [5, 5.41) is 22.3. The molecule has 2 aromatic carbocycles. The number of nitrogens with one attached hydrogen (secondary N) is 1. The first-order valence-electron chi connectivity index (χ1n) is 7.06. The highest BCUT2D eigenvalue weighted by atomic mass is 16.6. The lowest BCUT2D eigenvalue weighted by Crippen LogP contribution is -2.24. The number of hydrogen-bond acceptors (Lipinski definition) is 6. The van der Waals surface area contributed by atoms with E-state index in [9.17, 15) is 19.7 Å². The number of aromatic nitrogens is 1. The maximum atomic E-state index is 12.2. The summed E-state index contributed by atoms with van der Waals surface area (Å²) in [6, 6.07) is 11.9. The van der Waals surface area contributed by atoms with Crippen molar-refractivity contribution in [3.05, 3.63) is 68.7 Å². The SMILES string of the molecule is N#Cc1cccc(NC(=O)Cn2c(=O)oc3ccc([N+](=O)[O-])cc32)c1. The van der Waals surface area contributed by atoms with Crippen molar-refractivity contribution in [2.24, 2.45) is 0 Å². The first-order valence-corrected chi connectivity index (χ1v) is 7.06. The van der Waals surface area contributed by atoms with Crippen molar-refractivity contribution in [1.29, 1.82) is 5.26 Å². The fraction of sp³-hybridized carbons (Fsp3) is 0.0625. The van der Waals surface area contributed by atoms with Crippen molar-refractivity contribution in [2.45, 2.75) is 6.54 Å². The quantitative estimate of drug-likeness (QED) is 0.572. The molecule has 0 unspecified atom stereocenters. The summed E-state index contributed by atoms with van der Waals surface area (Å²) >= 11 is 0. The van der Waals surface area contributed by atoms with E-state index in [4.69, 9.17) is 9.68 Å². The zero-order valence-electron chi connectivity index (χ0n) is 12.6. The van der Waals surface area contributed by atoms with E-state index in [-0.39, 0.29) is 23.3 Å². The average Bonchev–Trinajstić information content (AvgIpc) is 2.89. The summed E-state index contributed by atoms with van der Waals surface area (Å²) in [6.07, 6.45) is 0. The summed E-state index contributed by atoms with van der Waals surface area (Å²) in [5.41, 5.74) is 0.856. The zero-order chi connectivity index (χ0) is 18.0. The molecule has 1 aromatic heterocycles. The summed E-state index contributed by atoms with van der Waals surface area (Å²) < 4.78 is 5.99. The second kappa shape index (κ2) is 6.29. The first-order chi connectivity index (χ1) is 12.0. The average molecular weight is 338 g/mol. The van der Waals surface area contributed by atoms with Gasteiger partial charge in [-0.3, -0.25) is 19.5 Å². The van der Waals surface area contributed by atoms with E-state index < -0.39 is 16.6 Å².